The van der Waals surface area contributed by atoms with E-state index < -0.39 is 0 Å². The Morgan fingerprint density at radius 3 is 2.56 bits per heavy atom. The SMILES string of the molecule is CCNSc1cc(Cl)ccc1OC.CN(C)c1nc(NCC2CCCCC2)nc2ccccc12. The Balaban J connectivity index is 0.000000215. The highest BCUT2D eigenvalue weighted by molar-refractivity contribution is 7.97. The summed E-state index contributed by atoms with van der Waals surface area (Å²) in [6, 6.07) is 13.8. The molecule has 0 bridgehead atoms. The van der Waals surface area contributed by atoms with E-state index in [1.54, 1.807) is 7.11 Å². The van der Waals surface area contributed by atoms with Gasteiger partial charge in [0.2, 0.25) is 5.95 Å². The molecule has 0 radical (unpaired) electrons. The Morgan fingerprint density at radius 2 is 1.85 bits per heavy atom. The van der Waals surface area contributed by atoms with Crippen molar-refractivity contribution in [1.29, 1.82) is 0 Å². The second-order valence-electron chi connectivity index (χ2n) is 8.56. The predicted molar refractivity (Wildman–Crippen MR) is 146 cm³/mol. The lowest BCUT2D eigenvalue weighted by atomic mass is 9.89. The maximum absolute atomic E-state index is 5.86. The highest BCUT2D eigenvalue weighted by Crippen LogP contribution is 2.30. The van der Waals surface area contributed by atoms with E-state index in [0.717, 1.165) is 57.3 Å². The highest BCUT2D eigenvalue weighted by Gasteiger charge is 2.14. The first kappa shape index (κ1) is 26.4. The van der Waals surface area contributed by atoms with Gasteiger partial charge in [0, 0.05) is 37.6 Å². The van der Waals surface area contributed by atoms with E-state index in [-0.39, 0.29) is 0 Å². The van der Waals surface area contributed by atoms with E-state index in [9.17, 15) is 0 Å². The van der Waals surface area contributed by atoms with Crippen LogP contribution in [0.1, 0.15) is 39.0 Å². The van der Waals surface area contributed by atoms with Crippen LogP contribution in [0.2, 0.25) is 5.02 Å². The van der Waals surface area contributed by atoms with E-state index in [1.165, 1.54) is 44.1 Å². The van der Waals surface area contributed by atoms with Crippen molar-refractivity contribution in [3.63, 3.8) is 0 Å². The number of fused-ring (bicyclic) bond motifs is 1. The lowest BCUT2D eigenvalue weighted by Crippen LogP contribution is -2.19. The zero-order valence-electron chi connectivity index (χ0n) is 20.6. The molecule has 0 amide bonds. The largest absolute Gasteiger partial charge is 0.496 e. The van der Waals surface area contributed by atoms with E-state index >= 15 is 0 Å². The molecule has 34 heavy (non-hydrogen) atoms. The van der Waals surface area contributed by atoms with Gasteiger partial charge in [0.05, 0.1) is 17.5 Å². The highest BCUT2D eigenvalue weighted by atomic mass is 35.5. The fraction of sp³-hybridized carbons (Fsp3) is 0.462. The van der Waals surface area contributed by atoms with E-state index in [2.05, 4.69) is 37.0 Å². The summed E-state index contributed by atoms with van der Waals surface area (Å²) in [5.41, 5.74) is 1.00. The molecule has 0 spiro atoms. The molecule has 1 aromatic heterocycles. The maximum atomic E-state index is 5.86. The molecule has 3 aromatic rings. The molecule has 6 nitrogen and oxygen atoms in total. The van der Waals surface area contributed by atoms with Gasteiger partial charge in [0.25, 0.3) is 0 Å². The summed E-state index contributed by atoms with van der Waals surface area (Å²) in [7, 11) is 5.71. The number of hydrogen-bond donors (Lipinski definition) is 2. The summed E-state index contributed by atoms with van der Waals surface area (Å²) in [6.45, 7) is 3.94. The molecule has 2 aromatic carbocycles. The third kappa shape index (κ3) is 7.65. The van der Waals surface area contributed by atoms with Crippen LogP contribution in [-0.4, -0.2) is 44.3 Å². The van der Waals surface area contributed by atoms with Crippen LogP contribution in [0.25, 0.3) is 10.9 Å². The number of benzene rings is 2. The molecule has 1 heterocycles. The molecule has 0 unspecified atom stereocenters. The number of halogens is 1. The van der Waals surface area contributed by atoms with Crippen LogP contribution in [0.4, 0.5) is 11.8 Å². The second kappa shape index (κ2) is 13.6. The molecule has 1 fully saturated rings. The smallest absolute Gasteiger partial charge is 0.225 e. The molecular weight excluding hydrogens is 466 g/mol. The first-order valence-electron chi connectivity index (χ1n) is 11.9. The van der Waals surface area contributed by atoms with Crippen molar-refractivity contribution >= 4 is 46.2 Å². The first-order valence-corrected chi connectivity index (χ1v) is 13.1. The number of hydrogen-bond acceptors (Lipinski definition) is 7. The minimum atomic E-state index is 0.723. The standard InChI is InChI=1S/C17H24N4.C9H12ClNOS/c1-21(2)16-14-10-6-7-11-15(14)19-17(20-16)18-12-13-8-4-3-5-9-13;1-3-11-13-9-6-7(10)4-5-8(9)12-2/h6-7,10-11,13H,3-5,8-9,12H2,1-2H3,(H,18,19,20);4-6,11H,3H2,1-2H3. The molecule has 0 aliphatic heterocycles. The first-order chi connectivity index (χ1) is 16.5. The molecule has 1 saturated carbocycles. The lowest BCUT2D eigenvalue weighted by molar-refractivity contribution is 0.373. The van der Waals surface area contributed by atoms with Crippen LogP contribution in [-0.2, 0) is 0 Å². The average Bonchev–Trinajstić information content (AvgIpc) is 2.86. The van der Waals surface area contributed by atoms with Crippen LogP contribution < -0.4 is 19.7 Å². The van der Waals surface area contributed by atoms with Gasteiger partial charge in [0.1, 0.15) is 11.6 Å². The molecule has 0 atom stereocenters. The van der Waals surface area contributed by atoms with E-state index in [4.69, 9.17) is 16.3 Å². The zero-order valence-corrected chi connectivity index (χ0v) is 22.2. The van der Waals surface area contributed by atoms with Crippen molar-refractivity contribution in [1.82, 2.24) is 14.7 Å². The molecular formula is C26H36ClN5OS. The Hall–Kier alpha value is -2.22. The number of aromatic nitrogens is 2. The van der Waals surface area contributed by atoms with Crippen molar-refractivity contribution in [2.45, 2.75) is 43.9 Å². The van der Waals surface area contributed by atoms with E-state index in [1.807, 2.05) is 51.4 Å². The van der Waals surface area contributed by atoms with Crippen LogP contribution in [0.15, 0.2) is 47.4 Å². The molecule has 0 saturated heterocycles. The number of anilines is 2. The van der Waals surface area contributed by atoms with Crippen molar-refractivity contribution in [2.24, 2.45) is 5.92 Å². The van der Waals surface area contributed by atoms with E-state index in [0.29, 0.717) is 0 Å². The fourth-order valence-electron chi connectivity index (χ4n) is 3.99. The third-order valence-electron chi connectivity index (χ3n) is 5.73. The Morgan fingerprint density at radius 1 is 1.09 bits per heavy atom. The van der Waals surface area contributed by atoms with Crippen molar-refractivity contribution < 1.29 is 4.74 Å². The second-order valence-corrected chi connectivity index (χ2v) is 9.93. The number of rotatable bonds is 8. The number of ether oxygens (including phenoxy) is 1. The average molecular weight is 502 g/mol. The van der Waals surface area contributed by atoms with Crippen LogP contribution in [0.5, 0.6) is 5.75 Å². The van der Waals surface area contributed by atoms with Gasteiger partial charge in [-0.2, -0.15) is 4.98 Å². The molecule has 8 heteroatoms. The van der Waals surface area contributed by atoms with Gasteiger partial charge in [0.15, 0.2) is 0 Å². The lowest BCUT2D eigenvalue weighted by Gasteiger charge is -2.22. The monoisotopic (exact) mass is 501 g/mol. The van der Waals surface area contributed by atoms with Gasteiger partial charge in [-0.15, -0.1) is 0 Å². The summed E-state index contributed by atoms with van der Waals surface area (Å²) in [5, 5.41) is 5.28. The predicted octanol–water partition coefficient (Wildman–Crippen LogP) is 6.65. The summed E-state index contributed by atoms with van der Waals surface area (Å²) < 4.78 is 8.32. The van der Waals surface area contributed by atoms with Crippen LogP contribution >= 0.6 is 23.5 Å². The van der Waals surface area contributed by atoms with Gasteiger partial charge >= 0.3 is 0 Å². The molecule has 1 aliphatic rings. The summed E-state index contributed by atoms with van der Waals surface area (Å²) >= 11 is 7.38. The van der Waals surface area contributed by atoms with Crippen LogP contribution in [0.3, 0.4) is 0 Å². The van der Waals surface area contributed by atoms with Crippen molar-refractivity contribution in [2.75, 3.05) is 44.5 Å². The van der Waals surface area contributed by atoms with Gasteiger partial charge < -0.3 is 15.0 Å². The van der Waals surface area contributed by atoms with Crippen molar-refractivity contribution in [3.05, 3.63) is 47.5 Å². The number of nitrogens with one attached hydrogen (secondary N) is 2. The number of methoxy groups -OCH3 is 1. The van der Waals surface area contributed by atoms with Gasteiger partial charge in [-0.1, -0.05) is 49.9 Å². The summed E-state index contributed by atoms with van der Waals surface area (Å²) in [6.07, 6.45) is 6.80. The zero-order chi connectivity index (χ0) is 24.3. The Bertz CT molecular complexity index is 1040. The number of nitrogens with zero attached hydrogens (tertiary/aromatic N) is 3. The maximum Gasteiger partial charge on any atom is 0.225 e. The molecule has 184 valence electrons. The van der Waals surface area contributed by atoms with Gasteiger partial charge in [-0.25, -0.2) is 4.98 Å². The third-order valence-corrected chi connectivity index (χ3v) is 6.94. The molecule has 1 aliphatic carbocycles. The van der Waals surface area contributed by atoms with Crippen LogP contribution in [0, 0.1) is 5.92 Å². The molecule has 2 N–H and O–H groups in total. The quantitative estimate of drug-likeness (QED) is 0.335. The summed E-state index contributed by atoms with van der Waals surface area (Å²) in [4.78, 5) is 12.4. The minimum absolute atomic E-state index is 0.723. The van der Waals surface area contributed by atoms with Gasteiger partial charge in [-0.3, -0.25) is 4.72 Å². The Kier molecular flexibility index (Phi) is 10.6. The van der Waals surface area contributed by atoms with Crippen molar-refractivity contribution in [3.8, 4) is 5.75 Å². The Labute approximate surface area is 213 Å². The number of para-hydroxylation sites is 1. The minimum Gasteiger partial charge on any atom is -0.496 e. The molecule has 4 rings (SSSR count). The summed E-state index contributed by atoms with van der Waals surface area (Å²) in [5.74, 6) is 3.35. The normalized spacial score (nSPS) is 13.8. The topological polar surface area (TPSA) is 62.3 Å². The van der Waals surface area contributed by atoms with Gasteiger partial charge in [-0.05, 0) is 61.0 Å². The fourth-order valence-corrected chi connectivity index (χ4v) is 4.96.